The number of benzene rings is 2. The SMILES string of the molecule is COc1ccc(CNC(=O)[C@H]2CCCN(c3nc4ccsc4c(=O)n3-c3cccc(C)c3)C2)cc1. The van der Waals surface area contributed by atoms with Gasteiger partial charge in [0.05, 0.1) is 24.2 Å². The summed E-state index contributed by atoms with van der Waals surface area (Å²) in [6.07, 6.45) is 1.66. The monoisotopic (exact) mass is 488 g/mol. The highest BCUT2D eigenvalue weighted by Crippen LogP contribution is 2.27. The molecule has 0 unspecified atom stereocenters. The number of hydrogen-bond acceptors (Lipinski definition) is 6. The molecular weight excluding hydrogens is 460 g/mol. The van der Waals surface area contributed by atoms with Crippen molar-refractivity contribution in [3.8, 4) is 11.4 Å². The average molecular weight is 489 g/mol. The molecule has 8 heteroatoms. The molecule has 0 aliphatic carbocycles. The van der Waals surface area contributed by atoms with Gasteiger partial charge in [-0.25, -0.2) is 9.55 Å². The number of piperidine rings is 1. The van der Waals surface area contributed by atoms with Crippen molar-refractivity contribution in [3.05, 3.63) is 81.5 Å². The molecule has 1 fully saturated rings. The van der Waals surface area contributed by atoms with E-state index in [4.69, 9.17) is 9.72 Å². The number of nitrogens with zero attached hydrogens (tertiary/aromatic N) is 3. The van der Waals surface area contributed by atoms with Crippen molar-refractivity contribution in [2.45, 2.75) is 26.3 Å². The smallest absolute Gasteiger partial charge is 0.277 e. The number of nitrogens with one attached hydrogen (secondary N) is 1. The largest absolute Gasteiger partial charge is 0.497 e. The third-order valence-corrected chi connectivity index (χ3v) is 7.31. The average Bonchev–Trinajstić information content (AvgIpc) is 3.37. The van der Waals surface area contributed by atoms with Crippen LogP contribution < -0.4 is 20.5 Å². The van der Waals surface area contributed by atoms with E-state index in [1.807, 2.05) is 66.9 Å². The number of ether oxygens (including phenoxy) is 1. The number of thiophene rings is 1. The van der Waals surface area contributed by atoms with E-state index in [1.165, 1.54) is 11.3 Å². The number of carbonyl (C=O) groups is 1. The van der Waals surface area contributed by atoms with E-state index < -0.39 is 0 Å². The van der Waals surface area contributed by atoms with E-state index in [0.717, 1.165) is 42.0 Å². The Morgan fingerprint density at radius 3 is 2.80 bits per heavy atom. The van der Waals surface area contributed by atoms with Gasteiger partial charge in [-0.15, -0.1) is 11.3 Å². The zero-order valence-corrected chi connectivity index (χ0v) is 20.7. The number of rotatable bonds is 6. The lowest BCUT2D eigenvalue weighted by Gasteiger charge is -2.34. The van der Waals surface area contributed by atoms with Crippen LogP contribution in [0.3, 0.4) is 0 Å². The number of amides is 1. The van der Waals surface area contributed by atoms with Crippen molar-refractivity contribution in [1.82, 2.24) is 14.9 Å². The summed E-state index contributed by atoms with van der Waals surface area (Å²) < 4.78 is 7.54. The van der Waals surface area contributed by atoms with Crippen LogP contribution in [0.25, 0.3) is 15.9 Å². The van der Waals surface area contributed by atoms with Gasteiger partial charge in [0.25, 0.3) is 5.56 Å². The van der Waals surface area contributed by atoms with Crippen LogP contribution in [0.2, 0.25) is 0 Å². The minimum atomic E-state index is -0.178. The number of fused-ring (bicyclic) bond motifs is 1. The van der Waals surface area contributed by atoms with Gasteiger partial charge in [0.1, 0.15) is 10.4 Å². The molecule has 1 amide bonds. The van der Waals surface area contributed by atoms with Gasteiger partial charge in [-0.05, 0) is 66.6 Å². The maximum absolute atomic E-state index is 13.5. The first-order valence-corrected chi connectivity index (χ1v) is 12.6. The molecule has 1 atom stereocenters. The summed E-state index contributed by atoms with van der Waals surface area (Å²) in [5, 5.41) is 4.97. The minimum absolute atomic E-state index is 0.0200. The van der Waals surface area contributed by atoms with E-state index in [1.54, 1.807) is 11.7 Å². The van der Waals surface area contributed by atoms with Crippen LogP contribution in [0, 0.1) is 12.8 Å². The molecule has 0 radical (unpaired) electrons. The summed E-state index contributed by atoms with van der Waals surface area (Å²) in [4.78, 5) is 33.5. The lowest BCUT2D eigenvalue weighted by Crippen LogP contribution is -2.45. The third-order valence-electron chi connectivity index (χ3n) is 6.42. The second kappa shape index (κ2) is 9.92. The summed E-state index contributed by atoms with van der Waals surface area (Å²) in [5.41, 5.74) is 3.51. The molecule has 2 aromatic carbocycles. The van der Waals surface area contributed by atoms with Crippen molar-refractivity contribution in [3.63, 3.8) is 0 Å². The van der Waals surface area contributed by atoms with Crippen LogP contribution in [0.1, 0.15) is 24.0 Å². The van der Waals surface area contributed by atoms with Crippen LogP contribution in [0.5, 0.6) is 5.75 Å². The van der Waals surface area contributed by atoms with Crippen molar-refractivity contribution in [2.75, 3.05) is 25.1 Å². The summed E-state index contributed by atoms with van der Waals surface area (Å²) in [6.45, 7) is 3.74. The molecule has 1 aliphatic rings. The highest BCUT2D eigenvalue weighted by molar-refractivity contribution is 7.17. The molecule has 3 heterocycles. The molecule has 0 spiro atoms. The Bertz CT molecular complexity index is 1410. The normalized spacial score (nSPS) is 15.8. The zero-order chi connectivity index (χ0) is 24.4. The number of anilines is 1. The van der Waals surface area contributed by atoms with E-state index in [2.05, 4.69) is 10.2 Å². The van der Waals surface area contributed by atoms with Gasteiger partial charge in [0.15, 0.2) is 0 Å². The molecule has 4 aromatic rings. The van der Waals surface area contributed by atoms with Gasteiger partial charge >= 0.3 is 0 Å². The highest BCUT2D eigenvalue weighted by Gasteiger charge is 2.29. The lowest BCUT2D eigenvalue weighted by atomic mass is 9.97. The molecular formula is C27H28N4O3S. The third kappa shape index (κ3) is 4.79. The predicted molar refractivity (Wildman–Crippen MR) is 140 cm³/mol. The summed E-state index contributed by atoms with van der Waals surface area (Å²) in [7, 11) is 1.63. The molecule has 0 saturated carbocycles. The van der Waals surface area contributed by atoms with Gasteiger partial charge in [-0.1, -0.05) is 24.3 Å². The Kier molecular flexibility index (Phi) is 6.55. The molecule has 7 nitrogen and oxygen atoms in total. The standard InChI is InChI=1S/C27H28N4O3S/c1-18-5-3-7-21(15-18)31-26(33)24-23(12-14-35-24)29-27(31)30-13-4-6-20(17-30)25(32)28-16-19-8-10-22(34-2)11-9-19/h3,5,7-12,14-15,20H,4,6,13,16-17H2,1-2H3,(H,28,32)/t20-/m0/s1. The summed E-state index contributed by atoms with van der Waals surface area (Å²) in [6, 6.07) is 17.5. The van der Waals surface area contributed by atoms with E-state index in [-0.39, 0.29) is 17.4 Å². The molecule has 1 N–H and O–H groups in total. The van der Waals surface area contributed by atoms with Crippen molar-refractivity contribution in [2.24, 2.45) is 5.92 Å². The molecule has 5 rings (SSSR count). The van der Waals surface area contributed by atoms with Gasteiger partial charge < -0.3 is 15.0 Å². The Balaban J connectivity index is 1.40. The van der Waals surface area contributed by atoms with Gasteiger partial charge in [-0.3, -0.25) is 9.59 Å². The second-order valence-corrected chi connectivity index (χ2v) is 9.79. The first kappa shape index (κ1) is 23.1. The first-order chi connectivity index (χ1) is 17.0. The molecule has 2 aromatic heterocycles. The van der Waals surface area contributed by atoms with Crippen LogP contribution in [-0.4, -0.2) is 35.7 Å². The maximum atomic E-state index is 13.5. The molecule has 1 saturated heterocycles. The topological polar surface area (TPSA) is 76.5 Å². The van der Waals surface area contributed by atoms with Crippen LogP contribution in [-0.2, 0) is 11.3 Å². The van der Waals surface area contributed by atoms with Gasteiger partial charge in [0, 0.05) is 19.6 Å². The molecule has 35 heavy (non-hydrogen) atoms. The van der Waals surface area contributed by atoms with Gasteiger partial charge in [0.2, 0.25) is 11.9 Å². The Labute approximate surface area is 208 Å². The fourth-order valence-corrected chi connectivity index (χ4v) is 5.32. The number of carbonyl (C=O) groups excluding carboxylic acids is 1. The lowest BCUT2D eigenvalue weighted by molar-refractivity contribution is -0.125. The number of aryl methyl sites for hydroxylation is 1. The molecule has 0 bridgehead atoms. The van der Waals surface area contributed by atoms with E-state index in [9.17, 15) is 9.59 Å². The Morgan fingerprint density at radius 1 is 1.20 bits per heavy atom. The number of methoxy groups -OCH3 is 1. The van der Waals surface area contributed by atoms with E-state index >= 15 is 0 Å². The van der Waals surface area contributed by atoms with Crippen LogP contribution in [0.15, 0.2) is 64.8 Å². The number of aromatic nitrogens is 2. The van der Waals surface area contributed by atoms with Crippen LogP contribution >= 0.6 is 11.3 Å². The van der Waals surface area contributed by atoms with Crippen molar-refractivity contribution >= 4 is 33.4 Å². The Hall–Kier alpha value is -3.65. The molecule has 180 valence electrons. The molecule has 1 aliphatic heterocycles. The fraction of sp³-hybridized carbons (Fsp3) is 0.296. The zero-order valence-electron chi connectivity index (χ0n) is 19.9. The summed E-state index contributed by atoms with van der Waals surface area (Å²) in [5.74, 6) is 1.23. The maximum Gasteiger partial charge on any atom is 0.277 e. The van der Waals surface area contributed by atoms with E-state index in [0.29, 0.717) is 29.3 Å². The summed E-state index contributed by atoms with van der Waals surface area (Å²) >= 11 is 1.41. The minimum Gasteiger partial charge on any atom is -0.497 e. The van der Waals surface area contributed by atoms with Crippen LogP contribution in [0.4, 0.5) is 5.95 Å². The Morgan fingerprint density at radius 2 is 2.03 bits per heavy atom. The highest BCUT2D eigenvalue weighted by atomic mass is 32.1. The number of hydrogen-bond donors (Lipinski definition) is 1. The second-order valence-electron chi connectivity index (χ2n) is 8.88. The fourth-order valence-electron chi connectivity index (χ4n) is 4.56. The van der Waals surface area contributed by atoms with Crippen molar-refractivity contribution in [1.29, 1.82) is 0 Å². The first-order valence-electron chi connectivity index (χ1n) is 11.8. The predicted octanol–water partition coefficient (Wildman–Crippen LogP) is 4.30. The van der Waals surface area contributed by atoms with Crippen molar-refractivity contribution < 1.29 is 9.53 Å². The quantitative estimate of drug-likeness (QED) is 0.438. The van der Waals surface area contributed by atoms with Gasteiger partial charge in [-0.2, -0.15) is 0 Å².